The Kier molecular flexibility index (Phi) is 5.00. The van der Waals surface area contributed by atoms with E-state index in [2.05, 4.69) is 12.2 Å². The Hall–Kier alpha value is -0.370. The molecule has 12 heavy (non-hydrogen) atoms. The minimum Gasteiger partial charge on any atom is -0.375 e. The van der Waals surface area contributed by atoms with Gasteiger partial charge in [-0.25, -0.2) is 4.39 Å². The van der Waals surface area contributed by atoms with Gasteiger partial charge in [-0.2, -0.15) is 0 Å². The number of alkyl halides is 1. The molecule has 0 heterocycles. The molecule has 0 aromatic carbocycles. The summed E-state index contributed by atoms with van der Waals surface area (Å²) in [5.74, 6) is 0. The molecule has 0 spiro atoms. The summed E-state index contributed by atoms with van der Waals surface area (Å²) in [6.45, 7) is -0.0826. The van der Waals surface area contributed by atoms with Gasteiger partial charge < -0.3 is 4.74 Å². The molecule has 1 aliphatic carbocycles. The Labute approximate surface area is 73.6 Å². The SMILES string of the molecule is [18F]CCO[C@@H]1CCC=CCCC1. The van der Waals surface area contributed by atoms with Crippen molar-refractivity contribution < 1.29 is 9.13 Å². The second kappa shape index (κ2) is 6.18. The molecule has 0 N–H and O–H groups in total. The van der Waals surface area contributed by atoms with E-state index in [1.54, 1.807) is 0 Å². The fourth-order valence-corrected chi connectivity index (χ4v) is 1.50. The zero-order valence-corrected chi connectivity index (χ0v) is 7.47. The monoisotopic (exact) mass is 171 g/mol. The number of ether oxygens (including phenoxy) is 1. The predicted octanol–water partition coefficient (Wildman–Crippen LogP) is 2.86. The van der Waals surface area contributed by atoms with Crippen LogP contribution in [0.5, 0.6) is 0 Å². The molecular formula is C10H17FO. The van der Waals surface area contributed by atoms with Crippen LogP contribution in [0.25, 0.3) is 0 Å². The highest BCUT2D eigenvalue weighted by Crippen LogP contribution is 2.15. The first-order chi connectivity index (χ1) is 5.93. The summed E-state index contributed by atoms with van der Waals surface area (Å²) in [5.41, 5.74) is 0. The lowest BCUT2D eigenvalue weighted by Crippen LogP contribution is -2.15. The van der Waals surface area contributed by atoms with Gasteiger partial charge in [0.2, 0.25) is 0 Å². The third-order valence-electron chi connectivity index (χ3n) is 2.15. The van der Waals surface area contributed by atoms with Crippen molar-refractivity contribution in [2.75, 3.05) is 13.3 Å². The van der Waals surface area contributed by atoms with Gasteiger partial charge in [0, 0.05) is 0 Å². The molecule has 0 aromatic rings. The van der Waals surface area contributed by atoms with E-state index in [-0.39, 0.29) is 13.3 Å². The number of hydrogen-bond acceptors (Lipinski definition) is 1. The normalized spacial score (nSPS) is 24.9. The van der Waals surface area contributed by atoms with E-state index in [0.29, 0.717) is 6.10 Å². The minimum atomic E-state index is -0.355. The van der Waals surface area contributed by atoms with Gasteiger partial charge in [-0.1, -0.05) is 12.2 Å². The third kappa shape index (κ3) is 3.86. The lowest BCUT2D eigenvalue weighted by Gasteiger charge is -2.17. The van der Waals surface area contributed by atoms with E-state index in [1.165, 1.54) is 6.42 Å². The van der Waals surface area contributed by atoms with Crippen LogP contribution in [0.3, 0.4) is 0 Å². The zero-order chi connectivity index (χ0) is 8.65. The van der Waals surface area contributed by atoms with Crippen LogP contribution in [-0.4, -0.2) is 19.4 Å². The fraction of sp³-hybridized carbons (Fsp3) is 0.800. The van der Waals surface area contributed by atoms with Crippen LogP contribution in [0.1, 0.15) is 32.1 Å². The molecule has 2 heteroatoms. The first kappa shape index (κ1) is 9.72. The van der Waals surface area contributed by atoms with E-state index < -0.39 is 0 Å². The number of allylic oxidation sites excluding steroid dienone is 2. The van der Waals surface area contributed by atoms with Gasteiger partial charge in [0.05, 0.1) is 12.7 Å². The average Bonchev–Trinajstić information content (AvgIpc) is 2.02. The molecule has 1 atom stereocenters. The van der Waals surface area contributed by atoms with E-state index in [0.717, 1.165) is 25.7 Å². The zero-order valence-electron chi connectivity index (χ0n) is 7.47. The Morgan fingerprint density at radius 1 is 1.25 bits per heavy atom. The van der Waals surface area contributed by atoms with E-state index in [1.807, 2.05) is 0 Å². The van der Waals surface area contributed by atoms with Crippen molar-refractivity contribution >= 4 is 0 Å². The molecule has 0 fully saturated rings. The quantitative estimate of drug-likeness (QED) is 0.593. The maximum atomic E-state index is 11.8. The second-order valence-electron chi connectivity index (χ2n) is 3.16. The largest absolute Gasteiger partial charge is 0.375 e. The molecule has 0 aliphatic heterocycles. The van der Waals surface area contributed by atoms with Crippen molar-refractivity contribution in [3.63, 3.8) is 0 Å². The maximum absolute atomic E-state index is 11.8. The van der Waals surface area contributed by atoms with Crippen molar-refractivity contribution in [1.82, 2.24) is 0 Å². The summed E-state index contributed by atoms with van der Waals surface area (Å²) in [4.78, 5) is 0. The van der Waals surface area contributed by atoms with Crippen LogP contribution in [-0.2, 0) is 4.74 Å². The third-order valence-corrected chi connectivity index (χ3v) is 2.15. The van der Waals surface area contributed by atoms with Gasteiger partial charge in [-0.15, -0.1) is 0 Å². The summed E-state index contributed by atoms with van der Waals surface area (Å²) >= 11 is 0. The Morgan fingerprint density at radius 2 is 2.08 bits per heavy atom. The number of rotatable bonds is 3. The highest BCUT2D eigenvalue weighted by molar-refractivity contribution is 4.85. The first-order valence-corrected chi connectivity index (χ1v) is 4.76. The van der Waals surface area contributed by atoms with Crippen molar-refractivity contribution in [1.29, 1.82) is 0 Å². The highest BCUT2D eigenvalue weighted by atomic mass is 18.2. The summed E-state index contributed by atoms with van der Waals surface area (Å²) < 4.78 is 17.1. The van der Waals surface area contributed by atoms with Crippen molar-refractivity contribution in [3.8, 4) is 0 Å². The van der Waals surface area contributed by atoms with Crippen LogP contribution >= 0.6 is 0 Å². The molecule has 0 saturated heterocycles. The van der Waals surface area contributed by atoms with Crippen LogP contribution in [0.15, 0.2) is 12.2 Å². The Balaban J connectivity index is 2.18. The van der Waals surface area contributed by atoms with Crippen LogP contribution in [0.4, 0.5) is 4.39 Å². The average molecular weight is 171 g/mol. The minimum absolute atomic E-state index is 0.272. The summed E-state index contributed by atoms with van der Waals surface area (Å²) in [6.07, 6.45) is 10.3. The van der Waals surface area contributed by atoms with Gasteiger partial charge in [-0.05, 0) is 32.1 Å². The van der Waals surface area contributed by atoms with Crippen LogP contribution < -0.4 is 0 Å². The summed E-state index contributed by atoms with van der Waals surface area (Å²) in [6, 6.07) is 0. The van der Waals surface area contributed by atoms with Crippen molar-refractivity contribution in [2.45, 2.75) is 38.2 Å². The maximum Gasteiger partial charge on any atom is 0.113 e. The summed E-state index contributed by atoms with van der Waals surface area (Å²) in [5, 5.41) is 0. The lowest BCUT2D eigenvalue weighted by atomic mass is 10.0. The molecule has 0 radical (unpaired) electrons. The molecule has 0 amide bonds. The predicted molar refractivity (Wildman–Crippen MR) is 47.9 cm³/mol. The molecule has 0 aromatic heterocycles. The molecule has 1 nitrogen and oxygen atoms in total. The van der Waals surface area contributed by atoms with Gasteiger partial charge in [0.25, 0.3) is 0 Å². The molecule has 0 saturated carbocycles. The number of halogens is 1. The van der Waals surface area contributed by atoms with E-state index in [4.69, 9.17) is 4.74 Å². The van der Waals surface area contributed by atoms with Crippen molar-refractivity contribution in [2.24, 2.45) is 0 Å². The topological polar surface area (TPSA) is 9.23 Å². The lowest BCUT2D eigenvalue weighted by molar-refractivity contribution is 0.0326. The summed E-state index contributed by atoms with van der Waals surface area (Å²) in [7, 11) is 0. The molecule has 1 aliphatic rings. The second-order valence-corrected chi connectivity index (χ2v) is 3.16. The standard InChI is InChI=1S/C10H17FO/c11-8-9-12-10-6-4-2-1-3-5-7-10/h1-2,10H,3-9H2/t10-/m1/s1/i11-1. The number of hydrogen-bond donors (Lipinski definition) is 0. The molecule has 0 unspecified atom stereocenters. The van der Waals surface area contributed by atoms with Crippen LogP contribution in [0.2, 0.25) is 0 Å². The molecule has 70 valence electrons. The Bertz CT molecular complexity index is 134. The van der Waals surface area contributed by atoms with Crippen LogP contribution in [0, 0.1) is 0 Å². The Morgan fingerprint density at radius 3 is 2.92 bits per heavy atom. The molecule has 0 bridgehead atoms. The van der Waals surface area contributed by atoms with E-state index >= 15 is 0 Å². The van der Waals surface area contributed by atoms with E-state index in [9.17, 15) is 4.39 Å². The van der Waals surface area contributed by atoms with Gasteiger partial charge in [0.15, 0.2) is 0 Å². The fourth-order valence-electron chi connectivity index (χ4n) is 1.50. The first-order valence-electron chi connectivity index (χ1n) is 4.76. The van der Waals surface area contributed by atoms with Gasteiger partial charge >= 0.3 is 0 Å². The molecule has 1 rings (SSSR count). The van der Waals surface area contributed by atoms with Gasteiger partial charge in [0.1, 0.15) is 6.67 Å². The van der Waals surface area contributed by atoms with Crippen molar-refractivity contribution in [3.05, 3.63) is 12.2 Å². The highest BCUT2D eigenvalue weighted by Gasteiger charge is 2.08. The smallest absolute Gasteiger partial charge is 0.113 e. The van der Waals surface area contributed by atoms with Gasteiger partial charge in [-0.3, -0.25) is 0 Å². The molecular weight excluding hydrogens is 154 g/mol.